The number of quaternary nitrogens is 1. The lowest BCUT2D eigenvalue weighted by molar-refractivity contribution is -0.870. The lowest BCUT2D eigenvalue weighted by atomic mass is 10.1. The SMILES string of the molecule is CC/C=C\C/C=C\C/C=C\C/C=C\C/C=C\C/C=C\C/C=C\C/C=C\CCCCCCC(=O)OC(COC(=O)CCCCCCCC)COC(OCC[N+](C)(C)C)C(=O)[O-]. The molecule has 9 heteroatoms. The number of hydrogen-bond acceptors (Lipinski definition) is 8. The molecule has 0 bridgehead atoms. The molecule has 0 fully saturated rings. The highest BCUT2D eigenvalue weighted by atomic mass is 16.7. The Balaban J connectivity index is 4.29. The third-order valence-electron chi connectivity index (χ3n) is 9.10. The Labute approximate surface area is 365 Å². The van der Waals surface area contributed by atoms with Crippen LogP contribution in [0.5, 0.6) is 0 Å². The third kappa shape index (κ3) is 42.3. The van der Waals surface area contributed by atoms with Crippen molar-refractivity contribution in [3.8, 4) is 0 Å². The number of hydrogen-bond donors (Lipinski definition) is 0. The fourth-order valence-electron chi connectivity index (χ4n) is 5.55. The molecule has 0 saturated heterocycles. The van der Waals surface area contributed by atoms with Crippen LogP contribution >= 0.6 is 0 Å². The van der Waals surface area contributed by atoms with Crippen LogP contribution in [-0.4, -0.2) is 82.3 Å². The van der Waals surface area contributed by atoms with Crippen molar-refractivity contribution < 1.29 is 42.9 Å². The van der Waals surface area contributed by atoms with E-state index in [4.69, 9.17) is 18.9 Å². The molecule has 0 aromatic heterocycles. The molecule has 0 radical (unpaired) electrons. The number of carbonyl (C=O) groups is 3. The molecule has 0 aliphatic heterocycles. The minimum absolute atomic E-state index is 0.137. The molecular formula is C51H83NO8. The van der Waals surface area contributed by atoms with Gasteiger partial charge in [-0.15, -0.1) is 0 Å². The summed E-state index contributed by atoms with van der Waals surface area (Å²) in [5.74, 6) is -2.35. The van der Waals surface area contributed by atoms with Crippen molar-refractivity contribution in [2.45, 2.75) is 161 Å². The Kier molecular flexibility index (Phi) is 39.3. The second-order valence-electron chi connectivity index (χ2n) is 16.0. The molecule has 9 nitrogen and oxygen atoms in total. The highest BCUT2D eigenvalue weighted by Crippen LogP contribution is 2.11. The number of likely N-dealkylation sites (N-methyl/N-ethyl adjacent to an activating group) is 1. The van der Waals surface area contributed by atoms with Gasteiger partial charge in [0.25, 0.3) is 0 Å². The van der Waals surface area contributed by atoms with Crippen molar-refractivity contribution in [1.82, 2.24) is 0 Å². The maximum Gasteiger partial charge on any atom is 0.306 e. The molecule has 2 unspecified atom stereocenters. The molecule has 0 aliphatic rings. The van der Waals surface area contributed by atoms with Crippen LogP contribution < -0.4 is 5.11 Å². The Bertz CT molecular complexity index is 1300. The normalized spacial score (nSPS) is 13.8. The molecule has 60 heavy (non-hydrogen) atoms. The molecule has 0 spiro atoms. The Morgan fingerprint density at radius 3 is 1.42 bits per heavy atom. The van der Waals surface area contributed by atoms with Crippen molar-refractivity contribution in [3.63, 3.8) is 0 Å². The summed E-state index contributed by atoms with van der Waals surface area (Å²) in [6.07, 6.45) is 51.9. The van der Waals surface area contributed by atoms with Gasteiger partial charge in [0.1, 0.15) is 13.2 Å². The Hall–Kier alpha value is -3.79. The summed E-state index contributed by atoms with van der Waals surface area (Å²) in [5.41, 5.74) is 0. The van der Waals surface area contributed by atoms with Gasteiger partial charge in [-0.2, -0.15) is 0 Å². The number of esters is 2. The van der Waals surface area contributed by atoms with Crippen LogP contribution in [0.3, 0.4) is 0 Å². The summed E-state index contributed by atoms with van der Waals surface area (Å²) in [6, 6.07) is 0. The van der Waals surface area contributed by atoms with Gasteiger partial charge in [-0.3, -0.25) is 9.59 Å². The van der Waals surface area contributed by atoms with E-state index in [1.54, 1.807) is 0 Å². The standard InChI is InChI=1S/C51H83NO8/c1-6-8-10-12-14-15-16-17-18-19-20-21-22-23-24-25-26-27-28-29-30-31-32-33-34-35-36-38-40-42-49(54)60-47(45-58-48(53)41-39-37-13-11-9-7-2)46-59-51(50(55)56)57-44-43-52(3,4)5/h8,10,14-15,17-18,20-21,23-24,26-27,29-30,32-33,47,51H,6-7,9,11-13,16,19,22,25,28,31,34-46H2,1-5H3/b10-8-,15-14-,18-17-,21-20-,24-23-,27-26-,30-29-,33-32-. The number of carbonyl (C=O) groups excluding carboxylic acids is 3. The van der Waals surface area contributed by atoms with Crippen LogP contribution in [0.15, 0.2) is 97.2 Å². The second-order valence-corrected chi connectivity index (χ2v) is 16.0. The summed E-state index contributed by atoms with van der Waals surface area (Å²) in [7, 11) is 5.88. The lowest BCUT2D eigenvalue weighted by Crippen LogP contribution is -2.44. The highest BCUT2D eigenvalue weighted by Gasteiger charge is 2.21. The lowest BCUT2D eigenvalue weighted by Gasteiger charge is -2.26. The van der Waals surface area contributed by atoms with E-state index in [2.05, 4.69) is 111 Å². The van der Waals surface area contributed by atoms with E-state index < -0.39 is 24.3 Å². The van der Waals surface area contributed by atoms with Crippen LogP contribution in [0.25, 0.3) is 0 Å². The van der Waals surface area contributed by atoms with E-state index >= 15 is 0 Å². The first-order chi connectivity index (χ1) is 29.1. The van der Waals surface area contributed by atoms with E-state index in [0.29, 0.717) is 17.4 Å². The van der Waals surface area contributed by atoms with Crippen LogP contribution in [0.2, 0.25) is 0 Å². The van der Waals surface area contributed by atoms with Gasteiger partial charge in [0.2, 0.25) is 0 Å². The van der Waals surface area contributed by atoms with E-state index in [1.807, 2.05) is 21.1 Å². The third-order valence-corrected chi connectivity index (χ3v) is 9.10. The Morgan fingerprint density at radius 2 is 0.950 bits per heavy atom. The molecule has 0 aliphatic carbocycles. The maximum atomic E-state index is 12.7. The molecular weight excluding hydrogens is 755 g/mol. The second kappa shape index (κ2) is 41.9. The van der Waals surface area contributed by atoms with Crippen LogP contribution in [-0.2, 0) is 33.3 Å². The number of ether oxygens (including phenoxy) is 4. The summed E-state index contributed by atoms with van der Waals surface area (Å²) < 4.78 is 22.4. The number of carboxylic acids is 1. The van der Waals surface area contributed by atoms with Gasteiger partial charge in [0, 0.05) is 12.8 Å². The van der Waals surface area contributed by atoms with Gasteiger partial charge >= 0.3 is 11.9 Å². The van der Waals surface area contributed by atoms with E-state index in [9.17, 15) is 19.5 Å². The van der Waals surface area contributed by atoms with E-state index in [1.165, 1.54) is 6.42 Å². The topological polar surface area (TPSA) is 111 Å². The minimum Gasteiger partial charge on any atom is -0.545 e. The predicted molar refractivity (Wildman–Crippen MR) is 246 cm³/mol. The van der Waals surface area contributed by atoms with Crippen molar-refractivity contribution in [2.75, 3.05) is 47.5 Å². The zero-order chi connectivity index (χ0) is 44.2. The number of nitrogens with zero attached hydrogens (tertiary/aromatic N) is 1. The van der Waals surface area contributed by atoms with Crippen molar-refractivity contribution in [1.29, 1.82) is 0 Å². The fraction of sp³-hybridized carbons (Fsp3) is 0.627. The quantitative estimate of drug-likeness (QED) is 0.0197. The number of unbranched alkanes of at least 4 members (excludes halogenated alkanes) is 9. The van der Waals surface area contributed by atoms with Crippen LogP contribution in [0.1, 0.15) is 149 Å². The molecule has 0 aromatic rings. The molecule has 2 atom stereocenters. The zero-order valence-corrected chi connectivity index (χ0v) is 38.3. The molecule has 340 valence electrons. The summed E-state index contributed by atoms with van der Waals surface area (Å²) in [5, 5.41) is 11.6. The molecule has 0 heterocycles. The van der Waals surface area contributed by atoms with Gasteiger partial charge in [-0.25, -0.2) is 0 Å². The number of rotatable bonds is 40. The summed E-state index contributed by atoms with van der Waals surface area (Å²) >= 11 is 0. The zero-order valence-electron chi connectivity index (χ0n) is 38.3. The average molecular weight is 838 g/mol. The predicted octanol–water partition coefficient (Wildman–Crippen LogP) is 10.9. The van der Waals surface area contributed by atoms with Gasteiger partial charge in [-0.05, 0) is 77.0 Å². The monoisotopic (exact) mass is 838 g/mol. The summed E-state index contributed by atoms with van der Waals surface area (Å²) in [6.45, 7) is 4.49. The van der Waals surface area contributed by atoms with Gasteiger partial charge in [0.05, 0.1) is 40.3 Å². The maximum absolute atomic E-state index is 12.7. The largest absolute Gasteiger partial charge is 0.545 e. The highest BCUT2D eigenvalue weighted by molar-refractivity contribution is 5.70. The average Bonchev–Trinajstić information content (AvgIpc) is 3.21. The molecule has 0 saturated carbocycles. The van der Waals surface area contributed by atoms with Gasteiger partial charge in [-0.1, -0.05) is 156 Å². The van der Waals surface area contributed by atoms with Gasteiger partial charge < -0.3 is 33.3 Å². The molecule has 0 N–H and O–H groups in total. The number of allylic oxidation sites excluding steroid dienone is 16. The van der Waals surface area contributed by atoms with Crippen molar-refractivity contribution >= 4 is 17.9 Å². The van der Waals surface area contributed by atoms with Crippen molar-refractivity contribution in [2.24, 2.45) is 0 Å². The number of carboxylic acid groups (broad SMARTS) is 1. The summed E-state index contributed by atoms with van der Waals surface area (Å²) in [4.78, 5) is 36.7. The Morgan fingerprint density at radius 1 is 0.517 bits per heavy atom. The fourth-order valence-corrected chi connectivity index (χ4v) is 5.55. The van der Waals surface area contributed by atoms with Crippen molar-refractivity contribution in [3.05, 3.63) is 97.2 Å². The van der Waals surface area contributed by atoms with E-state index in [0.717, 1.165) is 109 Å². The smallest absolute Gasteiger partial charge is 0.306 e. The first-order valence-electron chi connectivity index (χ1n) is 22.9. The molecule has 0 amide bonds. The molecule has 0 rings (SSSR count). The van der Waals surface area contributed by atoms with Crippen LogP contribution in [0, 0.1) is 0 Å². The van der Waals surface area contributed by atoms with Crippen LogP contribution in [0.4, 0.5) is 0 Å². The molecule has 0 aromatic carbocycles. The van der Waals surface area contributed by atoms with E-state index in [-0.39, 0.29) is 38.6 Å². The first-order valence-corrected chi connectivity index (χ1v) is 22.9. The number of aliphatic carboxylic acids is 1. The first kappa shape index (κ1) is 56.2. The minimum atomic E-state index is -1.63. The van der Waals surface area contributed by atoms with Gasteiger partial charge in [0.15, 0.2) is 12.4 Å².